The van der Waals surface area contributed by atoms with Gasteiger partial charge in [0.2, 0.25) is 0 Å². The third kappa shape index (κ3) is 4.32. The van der Waals surface area contributed by atoms with Crippen LogP contribution in [0.3, 0.4) is 0 Å². The first-order valence-corrected chi connectivity index (χ1v) is 8.93. The zero-order chi connectivity index (χ0) is 18.6. The maximum Gasteiger partial charge on any atom is 0.289 e. The number of hydrogen-bond donors (Lipinski definition) is 2. The van der Waals surface area contributed by atoms with E-state index in [1.54, 1.807) is 0 Å². The van der Waals surface area contributed by atoms with Gasteiger partial charge in [0.1, 0.15) is 5.75 Å². The number of para-hydroxylation sites is 1. The number of nitrogens with one attached hydrogen (secondary N) is 2. The SMILES string of the molecule is COc1ccc(C(=O)NNS(=O)(=O)c2ccccc2[N+](=O)[O-])cc1Br. The summed E-state index contributed by atoms with van der Waals surface area (Å²) in [4.78, 5) is 23.5. The van der Waals surface area contributed by atoms with Crippen molar-refractivity contribution < 1.29 is 22.9 Å². The number of halogens is 1. The molecule has 0 spiro atoms. The molecule has 2 aromatic rings. The van der Waals surface area contributed by atoms with Crippen molar-refractivity contribution in [3.05, 3.63) is 62.6 Å². The van der Waals surface area contributed by atoms with E-state index in [2.05, 4.69) is 15.9 Å². The minimum Gasteiger partial charge on any atom is -0.496 e. The average Bonchev–Trinajstić information content (AvgIpc) is 2.59. The summed E-state index contributed by atoms with van der Waals surface area (Å²) >= 11 is 3.21. The van der Waals surface area contributed by atoms with Gasteiger partial charge in [0.05, 0.1) is 16.5 Å². The lowest BCUT2D eigenvalue weighted by atomic mass is 10.2. The maximum atomic E-state index is 12.2. The van der Waals surface area contributed by atoms with Crippen LogP contribution in [-0.4, -0.2) is 26.4 Å². The molecule has 0 atom stereocenters. The summed E-state index contributed by atoms with van der Waals surface area (Å²) in [6, 6.07) is 9.18. The second kappa shape index (κ2) is 7.59. The average molecular weight is 430 g/mol. The van der Waals surface area contributed by atoms with Crippen molar-refractivity contribution in [2.75, 3.05) is 7.11 Å². The Labute approximate surface area is 151 Å². The van der Waals surface area contributed by atoms with Crippen molar-refractivity contribution >= 4 is 37.5 Å². The number of hydrazine groups is 1. The third-order valence-corrected chi connectivity index (χ3v) is 4.98. The molecular weight excluding hydrogens is 418 g/mol. The summed E-state index contributed by atoms with van der Waals surface area (Å²) in [6.45, 7) is 0. The molecule has 0 aromatic heterocycles. The van der Waals surface area contributed by atoms with Crippen molar-refractivity contribution in [1.82, 2.24) is 10.3 Å². The maximum absolute atomic E-state index is 12.2. The van der Waals surface area contributed by atoms with Crippen LogP contribution in [-0.2, 0) is 10.0 Å². The van der Waals surface area contributed by atoms with E-state index >= 15 is 0 Å². The topological polar surface area (TPSA) is 128 Å². The van der Waals surface area contributed by atoms with Crippen LogP contribution in [0.15, 0.2) is 51.8 Å². The van der Waals surface area contributed by atoms with E-state index in [9.17, 15) is 23.3 Å². The molecule has 0 aliphatic carbocycles. The fourth-order valence-corrected chi connectivity index (χ4v) is 3.44. The number of benzene rings is 2. The van der Waals surface area contributed by atoms with Gasteiger partial charge in [-0.05, 0) is 40.2 Å². The van der Waals surface area contributed by atoms with Gasteiger partial charge in [0, 0.05) is 11.6 Å². The van der Waals surface area contributed by atoms with Gasteiger partial charge in [-0.1, -0.05) is 12.1 Å². The van der Waals surface area contributed by atoms with E-state index in [1.165, 1.54) is 37.4 Å². The molecular formula is C14H12BrN3O6S. The van der Waals surface area contributed by atoms with Crippen LogP contribution >= 0.6 is 15.9 Å². The van der Waals surface area contributed by atoms with E-state index in [0.29, 0.717) is 10.2 Å². The lowest BCUT2D eigenvalue weighted by Gasteiger charge is -2.10. The predicted molar refractivity (Wildman–Crippen MR) is 91.6 cm³/mol. The van der Waals surface area contributed by atoms with Gasteiger partial charge in [-0.15, -0.1) is 4.83 Å². The number of sulfonamides is 1. The van der Waals surface area contributed by atoms with Crippen LogP contribution in [0.25, 0.3) is 0 Å². The van der Waals surface area contributed by atoms with Crippen LogP contribution in [0.4, 0.5) is 5.69 Å². The van der Waals surface area contributed by atoms with Crippen molar-refractivity contribution in [2.45, 2.75) is 4.90 Å². The highest BCUT2D eigenvalue weighted by Gasteiger charge is 2.25. The lowest BCUT2D eigenvalue weighted by Crippen LogP contribution is -2.41. The molecule has 132 valence electrons. The van der Waals surface area contributed by atoms with Gasteiger partial charge in [0.25, 0.3) is 21.6 Å². The Kier molecular flexibility index (Phi) is 5.72. The first-order chi connectivity index (χ1) is 11.8. The molecule has 0 unspecified atom stereocenters. The van der Waals surface area contributed by atoms with Gasteiger partial charge in [0.15, 0.2) is 4.90 Å². The zero-order valence-corrected chi connectivity index (χ0v) is 15.1. The van der Waals surface area contributed by atoms with Crippen LogP contribution in [0.2, 0.25) is 0 Å². The fourth-order valence-electron chi connectivity index (χ4n) is 1.88. The monoisotopic (exact) mass is 429 g/mol. The number of nitrogens with zero attached hydrogens (tertiary/aromatic N) is 1. The first kappa shape index (κ1) is 18.8. The number of amides is 1. The molecule has 1 amide bonds. The molecule has 11 heteroatoms. The molecule has 2 aromatic carbocycles. The van der Waals surface area contributed by atoms with E-state index in [0.717, 1.165) is 12.1 Å². The number of nitro groups is 1. The normalized spacial score (nSPS) is 11.0. The quantitative estimate of drug-likeness (QED) is 0.533. The molecule has 2 rings (SSSR count). The molecule has 0 aliphatic heterocycles. The highest BCUT2D eigenvalue weighted by Crippen LogP contribution is 2.25. The highest BCUT2D eigenvalue weighted by molar-refractivity contribution is 9.10. The summed E-state index contributed by atoms with van der Waals surface area (Å²) in [7, 11) is -2.86. The smallest absolute Gasteiger partial charge is 0.289 e. The number of methoxy groups -OCH3 is 1. The molecule has 25 heavy (non-hydrogen) atoms. The largest absolute Gasteiger partial charge is 0.496 e. The van der Waals surface area contributed by atoms with Crippen molar-refractivity contribution in [1.29, 1.82) is 0 Å². The van der Waals surface area contributed by atoms with Gasteiger partial charge in [-0.2, -0.15) is 0 Å². The van der Waals surface area contributed by atoms with E-state index in [4.69, 9.17) is 4.74 Å². The molecule has 9 nitrogen and oxygen atoms in total. The molecule has 0 saturated carbocycles. The zero-order valence-electron chi connectivity index (χ0n) is 12.7. The molecule has 0 radical (unpaired) electrons. The Morgan fingerprint density at radius 1 is 1.24 bits per heavy atom. The Balaban J connectivity index is 2.19. The van der Waals surface area contributed by atoms with Crippen LogP contribution in [0.5, 0.6) is 5.75 Å². The van der Waals surface area contributed by atoms with Crippen LogP contribution in [0, 0.1) is 10.1 Å². The lowest BCUT2D eigenvalue weighted by molar-refractivity contribution is -0.387. The predicted octanol–water partition coefficient (Wildman–Crippen LogP) is 1.99. The Morgan fingerprint density at radius 3 is 2.52 bits per heavy atom. The number of ether oxygens (including phenoxy) is 1. The van der Waals surface area contributed by atoms with Crippen molar-refractivity contribution in [2.24, 2.45) is 0 Å². The van der Waals surface area contributed by atoms with E-state index in [1.807, 2.05) is 10.3 Å². The van der Waals surface area contributed by atoms with Gasteiger partial charge in [-0.3, -0.25) is 20.3 Å². The van der Waals surface area contributed by atoms with Gasteiger partial charge < -0.3 is 4.74 Å². The summed E-state index contributed by atoms with van der Waals surface area (Å²) in [5.74, 6) is -0.248. The Bertz CT molecular complexity index is 932. The number of rotatable bonds is 6. The third-order valence-electron chi connectivity index (χ3n) is 3.06. The number of hydrogen-bond acceptors (Lipinski definition) is 6. The summed E-state index contributed by atoms with van der Waals surface area (Å²) < 4.78 is 29.9. The second-order valence-electron chi connectivity index (χ2n) is 4.63. The molecule has 0 fully saturated rings. The Hall–Kier alpha value is -2.50. The van der Waals surface area contributed by atoms with Gasteiger partial charge >= 0.3 is 0 Å². The van der Waals surface area contributed by atoms with Gasteiger partial charge in [-0.25, -0.2) is 8.42 Å². The molecule has 0 heterocycles. The molecule has 0 saturated heterocycles. The van der Waals surface area contributed by atoms with E-state index < -0.39 is 31.4 Å². The van der Waals surface area contributed by atoms with Crippen LogP contribution < -0.4 is 15.0 Å². The van der Waals surface area contributed by atoms with E-state index in [-0.39, 0.29) is 5.56 Å². The van der Waals surface area contributed by atoms with Crippen molar-refractivity contribution in [3.63, 3.8) is 0 Å². The minimum absolute atomic E-state index is 0.151. The summed E-state index contributed by atoms with van der Waals surface area (Å²) in [5.41, 5.74) is 1.56. The standard InChI is InChI=1S/C14H12BrN3O6S/c1-24-12-7-6-9(8-10(12)15)14(19)16-17-25(22,23)13-5-3-2-4-11(13)18(20)21/h2-8,17H,1H3,(H,16,19). The number of carbonyl (C=O) groups is 1. The first-order valence-electron chi connectivity index (χ1n) is 6.65. The second-order valence-corrected chi connectivity index (χ2v) is 7.14. The van der Waals surface area contributed by atoms with Crippen molar-refractivity contribution in [3.8, 4) is 5.75 Å². The highest BCUT2D eigenvalue weighted by atomic mass is 79.9. The fraction of sp³-hybridized carbons (Fsp3) is 0.0714. The Morgan fingerprint density at radius 2 is 1.92 bits per heavy atom. The molecule has 0 bridgehead atoms. The molecule has 0 aliphatic rings. The van der Waals surface area contributed by atoms with Crippen LogP contribution in [0.1, 0.15) is 10.4 Å². The summed E-state index contributed by atoms with van der Waals surface area (Å²) in [5, 5.41) is 10.9. The summed E-state index contributed by atoms with van der Waals surface area (Å²) in [6.07, 6.45) is 0. The molecule has 2 N–H and O–H groups in total. The number of carbonyl (C=O) groups excluding carboxylic acids is 1. The number of nitro benzene ring substituents is 1. The minimum atomic E-state index is -4.32.